The molecule has 6 heteroatoms. The van der Waals surface area contributed by atoms with Gasteiger partial charge in [0.2, 0.25) is 5.91 Å². The Bertz CT molecular complexity index is 474. The van der Waals surface area contributed by atoms with Crippen LogP contribution in [-0.4, -0.2) is 35.9 Å². The fourth-order valence-electron chi connectivity index (χ4n) is 1.58. The number of nitro benzene ring substituents is 1. The summed E-state index contributed by atoms with van der Waals surface area (Å²) in [5, 5.41) is 13.8. The minimum absolute atomic E-state index is 0.0289. The van der Waals surface area contributed by atoms with E-state index in [1.54, 1.807) is 31.3 Å². The van der Waals surface area contributed by atoms with E-state index >= 15 is 0 Å². The first-order valence-corrected chi connectivity index (χ1v) is 5.84. The molecule has 0 aromatic heterocycles. The molecule has 0 radical (unpaired) electrons. The van der Waals surface area contributed by atoms with Crippen LogP contribution in [0.2, 0.25) is 0 Å². The van der Waals surface area contributed by atoms with E-state index in [9.17, 15) is 14.9 Å². The predicted octanol–water partition coefficient (Wildman–Crippen LogP) is 1.33. The van der Waals surface area contributed by atoms with Crippen LogP contribution in [0.1, 0.15) is 5.56 Å². The number of carbonyl (C=O) groups is 1. The highest BCUT2D eigenvalue weighted by Crippen LogP contribution is 2.18. The number of benzene rings is 1. The van der Waals surface area contributed by atoms with Gasteiger partial charge in [0, 0.05) is 25.2 Å². The fourth-order valence-corrected chi connectivity index (χ4v) is 1.58. The molecule has 1 N–H and O–H groups in total. The lowest BCUT2D eigenvalue weighted by Gasteiger charge is -2.17. The van der Waals surface area contributed by atoms with Gasteiger partial charge in [0.1, 0.15) is 0 Å². The molecule has 0 fully saturated rings. The van der Waals surface area contributed by atoms with Crippen molar-refractivity contribution in [2.24, 2.45) is 0 Å². The molecule has 1 aromatic rings. The topological polar surface area (TPSA) is 75.5 Å². The molecule has 1 rings (SSSR count). The van der Waals surface area contributed by atoms with Crippen LogP contribution in [-0.2, 0) is 11.3 Å². The number of amides is 1. The summed E-state index contributed by atoms with van der Waals surface area (Å²) in [6, 6.07) is 6.41. The summed E-state index contributed by atoms with van der Waals surface area (Å²) in [5.41, 5.74) is 0.549. The van der Waals surface area contributed by atoms with Crippen molar-refractivity contribution in [1.29, 1.82) is 0 Å². The van der Waals surface area contributed by atoms with E-state index in [0.29, 0.717) is 12.1 Å². The number of nitrogens with zero attached hydrogens (tertiary/aromatic N) is 2. The lowest BCUT2D eigenvalue weighted by Crippen LogP contribution is -2.35. The van der Waals surface area contributed by atoms with E-state index in [0.717, 1.165) is 0 Å². The Balaban J connectivity index is 2.66. The van der Waals surface area contributed by atoms with E-state index in [1.165, 1.54) is 11.0 Å². The highest BCUT2D eigenvalue weighted by Gasteiger charge is 2.16. The number of nitro groups is 1. The molecule has 0 aliphatic heterocycles. The molecule has 0 saturated carbocycles. The smallest absolute Gasteiger partial charge is 0.274 e. The SMILES string of the molecule is C=CCNCC(=O)N(C)Cc1ccccc1[N+](=O)[O-]. The second-order valence-corrected chi connectivity index (χ2v) is 4.06. The van der Waals surface area contributed by atoms with Crippen LogP contribution < -0.4 is 5.32 Å². The first-order chi connectivity index (χ1) is 9.06. The van der Waals surface area contributed by atoms with Gasteiger partial charge in [-0.15, -0.1) is 6.58 Å². The van der Waals surface area contributed by atoms with Crippen LogP contribution >= 0.6 is 0 Å². The molecule has 0 aliphatic carbocycles. The van der Waals surface area contributed by atoms with Gasteiger partial charge in [0.25, 0.3) is 5.69 Å². The molecule has 1 aromatic carbocycles. The summed E-state index contributed by atoms with van der Waals surface area (Å²) in [4.78, 5) is 23.6. The highest BCUT2D eigenvalue weighted by molar-refractivity contribution is 5.78. The number of carbonyl (C=O) groups excluding carboxylic acids is 1. The lowest BCUT2D eigenvalue weighted by atomic mass is 10.1. The molecule has 0 unspecified atom stereocenters. The standard InChI is InChI=1S/C13H17N3O3/c1-3-8-14-9-13(17)15(2)10-11-6-4-5-7-12(11)16(18)19/h3-7,14H,1,8-10H2,2H3. The third-order valence-corrected chi connectivity index (χ3v) is 2.59. The number of hydrogen-bond acceptors (Lipinski definition) is 4. The second kappa shape index (κ2) is 7.27. The van der Waals surface area contributed by atoms with Crippen LogP contribution in [0.4, 0.5) is 5.69 Å². The molecule has 102 valence electrons. The monoisotopic (exact) mass is 263 g/mol. The Morgan fingerprint density at radius 1 is 1.53 bits per heavy atom. The van der Waals surface area contributed by atoms with E-state index in [1.807, 2.05) is 0 Å². The fraction of sp³-hybridized carbons (Fsp3) is 0.308. The average molecular weight is 263 g/mol. The lowest BCUT2D eigenvalue weighted by molar-refractivity contribution is -0.385. The van der Waals surface area contributed by atoms with E-state index in [2.05, 4.69) is 11.9 Å². The third-order valence-electron chi connectivity index (χ3n) is 2.59. The Hall–Kier alpha value is -2.21. The van der Waals surface area contributed by atoms with Gasteiger partial charge in [-0.2, -0.15) is 0 Å². The Morgan fingerprint density at radius 2 is 2.21 bits per heavy atom. The zero-order chi connectivity index (χ0) is 14.3. The molecule has 19 heavy (non-hydrogen) atoms. The number of nitrogens with one attached hydrogen (secondary N) is 1. The highest BCUT2D eigenvalue weighted by atomic mass is 16.6. The van der Waals surface area contributed by atoms with Crippen molar-refractivity contribution in [2.45, 2.75) is 6.54 Å². The van der Waals surface area contributed by atoms with E-state index in [-0.39, 0.29) is 24.7 Å². The van der Waals surface area contributed by atoms with Crippen molar-refractivity contribution < 1.29 is 9.72 Å². The molecule has 0 spiro atoms. The largest absolute Gasteiger partial charge is 0.340 e. The van der Waals surface area contributed by atoms with Gasteiger partial charge >= 0.3 is 0 Å². The van der Waals surface area contributed by atoms with Gasteiger partial charge in [-0.25, -0.2) is 0 Å². The zero-order valence-electron chi connectivity index (χ0n) is 10.8. The maximum Gasteiger partial charge on any atom is 0.274 e. The number of likely N-dealkylation sites (N-methyl/N-ethyl adjacent to an activating group) is 1. The molecule has 0 atom stereocenters. The van der Waals surface area contributed by atoms with Gasteiger partial charge < -0.3 is 10.2 Å². The molecule has 0 saturated heterocycles. The van der Waals surface area contributed by atoms with Gasteiger partial charge in [-0.1, -0.05) is 24.3 Å². The normalized spacial score (nSPS) is 9.95. The van der Waals surface area contributed by atoms with E-state index < -0.39 is 4.92 Å². The van der Waals surface area contributed by atoms with Gasteiger partial charge in [0.05, 0.1) is 18.0 Å². The summed E-state index contributed by atoms with van der Waals surface area (Å²) >= 11 is 0. The summed E-state index contributed by atoms with van der Waals surface area (Å²) < 4.78 is 0. The quantitative estimate of drug-likeness (QED) is 0.348. The van der Waals surface area contributed by atoms with Crippen molar-refractivity contribution in [1.82, 2.24) is 10.2 Å². The first-order valence-electron chi connectivity index (χ1n) is 5.84. The molecule has 0 bridgehead atoms. The Labute approximate surface area is 111 Å². The molecule has 0 heterocycles. The molecular formula is C13H17N3O3. The van der Waals surface area contributed by atoms with Gasteiger partial charge in [-0.3, -0.25) is 14.9 Å². The number of rotatable bonds is 7. The number of para-hydroxylation sites is 1. The second-order valence-electron chi connectivity index (χ2n) is 4.06. The molecule has 0 aliphatic rings. The number of hydrogen-bond donors (Lipinski definition) is 1. The van der Waals surface area contributed by atoms with Crippen LogP contribution in [0.25, 0.3) is 0 Å². The molecular weight excluding hydrogens is 246 g/mol. The summed E-state index contributed by atoms with van der Waals surface area (Å²) in [7, 11) is 1.62. The summed E-state index contributed by atoms with van der Waals surface area (Å²) in [5.74, 6) is -0.125. The predicted molar refractivity (Wildman–Crippen MR) is 72.6 cm³/mol. The third kappa shape index (κ3) is 4.51. The van der Waals surface area contributed by atoms with Crippen LogP contribution in [0.15, 0.2) is 36.9 Å². The van der Waals surface area contributed by atoms with Crippen molar-refractivity contribution in [3.05, 3.63) is 52.6 Å². The van der Waals surface area contributed by atoms with Crippen molar-refractivity contribution >= 4 is 11.6 Å². The molecule has 1 amide bonds. The van der Waals surface area contributed by atoms with Crippen LogP contribution in [0.5, 0.6) is 0 Å². The average Bonchev–Trinajstić information content (AvgIpc) is 2.39. The maximum atomic E-state index is 11.8. The van der Waals surface area contributed by atoms with Gasteiger partial charge in [0.15, 0.2) is 0 Å². The minimum Gasteiger partial charge on any atom is -0.340 e. The van der Waals surface area contributed by atoms with Crippen molar-refractivity contribution in [3.63, 3.8) is 0 Å². The summed E-state index contributed by atoms with van der Waals surface area (Å²) in [6.07, 6.45) is 1.66. The van der Waals surface area contributed by atoms with Crippen molar-refractivity contribution in [3.8, 4) is 0 Å². The Morgan fingerprint density at radius 3 is 2.84 bits per heavy atom. The summed E-state index contributed by atoms with van der Waals surface area (Å²) in [6.45, 7) is 4.48. The first kappa shape index (κ1) is 14.8. The molecule has 6 nitrogen and oxygen atoms in total. The van der Waals surface area contributed by atoms with Crippen LogP contribution in [0.3, 0.4) is 0 Å². The van der Waals surface area contributed by atoms with E-state index in [4.69, 9.17) is 0 Å². The van der Waals surface area contributed by atoms with Crippen molar-refractivity contribution in [2.75, 3.05) is 20.1 Å². The zero-order valence-corrected chi connectivity index (χ0v) is 10.8. The van der Waals surface area contributed by atoms with Crippen LogP contribution in [0, 0.1) is 10.1 Å². The Kier molecular flexibility index (Phi) is 5.69. The van der Waals surface area contributed by atoms with Gasteiger partial charge in [-0.05, 0) is 0 Å². The maximum absolute atomic E-state index is 11.8. The minimum atomic E-state index is -0.441.